The number of nitrogens with one attached hydrogen (secondary N) is 1. The summed E-state index contributed by atoms with van der Waals surface area (Å²) in [6.07, 6.45) is 4.13. The largest absolute Gasteiger partial charge is 0.768 e. The minimum absolute atomic E-state index is 0.0501. The van der Waals surface area contributed by atoms with E-state index in [1.165, 1.54) is 17.4 Å². The molecule has 0 spiro atoms. The molecule has 1 aliphatic rings. The highest BCUT2D eigenvalue weighted by Gasteiger charge is 2.19. The molecule has 1 atom stereocenters. The van der Waals surface area contributed by atoms with Gasteiger partial charge >= 0.3 is 0 Å². The van der Waals surface area contributed by atoms with E-state index in [9.17, 15) is 8.76 Å². The van der Waals surface area contributed by atoms with Crippen molar-refractivity contribution in [3.63, 3.8) is 0 Å². The highest BCUT2D eigenvalue weighted by molar-refractivity contribution is 7.79. The minimum Gasteiger partial charge on any atom is -0.768 e. The molecule has 1 aromatic carbocycles. The molecule has 0 aliphatic carbocycles. The molecule has 3 aromatic rings. The fraction of sp³-hybridized carbons (Fsp3) is 0.391. The Morgan fingerprint density at radius 1 is 1.24 bits per heavy atom. The number of pyridine rings is 1. The molecule has 1 unspecified atom stereocenters. The van der Waals surface area contributed by atoms with Crippen molar-refractivity contribution in [2.45, 2.75) is 43.8 Å². The summed E-state index contributed by atoms with van der Waals surface area (Å²) in [5, 5.41) is 5.79. The van der Waals surface area contributed by atoms with E-state index in [-0.39, 0.29) is 11.0 Å². The molecular formula is C23H27N4O4S2-. The molecule has 0 saturated carbocycles. The van der Waals surface area contributed by atoms with E-state index in [0.717, 1.165) is 43.0 Å². The van der Waals surface area contributed by atoms with E-state index in [1.807, 2.05) is 37.6 Å². The fourth-order valence-corrected chi connectivity index (χ4v) is 4.82. The number of hydrogen-bond donors (Lipinski definition) is 1. The Bertz CT molecular complexity index is 1100. The Morgan fingerprint density at radius 3 is 2.67 bits per heavy atom. The predicted octanol–water partition coefficient (Wildman–Crippen LogP) is 4.59. The lowest BCUT2D eigenvalue weighted by molar-refractivity contribution is 0.0818. The van der Waals surface area contributed by atoms with Crippen molar-refractivity contribution in [2.24, 2.45) is 0 Å². The van der Waals surface area contributed by atoms with Gasteiger partial charge in [0.2, 0.25) is 0 Å². The van der Waals surface area contributed by atoms with Crippen LogP contribution in [0.15, 0.2) is 46.8 Å². The Balaban J connectivity index is 1.48. The maximum atomic E-state index is 11.4. The van der Waals surface area contributed by atoms with Gasteiger partial charge in [-0.15, -0.1) is 11.3 Å². The first-order valence-corrected chi connectivity index (χ1v) is 12.7. The summed E-state index contributed by atoms with van der Waals surface area (Å²) in [7, 11) is 1.77. The number of ether oxygens (including phenoxy) is 2. The lowest BCUT2D eigenvalue weighted by atomic mass is 10.1. The molecular weight excluding hydrogens is 460 g/mol. The summed E-state index contributed by atoms with van der Waals surface area (Å²) < 4.78 is 34.1. The highest BCUT2D eigenvalue weighted by atomic mass is 32.2. The number of piperidine rings is 1. The summed E-state index contributed by atoms with van der Waals surface area (Å²) >= 11 is -0.900. The number of nitrogens with zero attached hydrogens (tertiary/aromatic N) is 3. The second-order valence-electron chi connectivity index (χ2n) is 8.05. The van der Waals surface area contributed by atoms with Crippen molar-refractivity contribution in [1.82, 2.24) is 9.97 Å². The van der Waals surface area contributed by atoms with E-state index in [0.29, 0.717) is 22.7 Å². The number of methoxy groups -OCH3 is 1. The molecule has 1 saturated heterocycles. The summed E-state index contributed by atoms with van der Waals surface area (Å²) in [6, 6.07) is 8.77. The highest BCUT2D eigenvalue weighted by Crippen LogP contribution is 2.33. The topological polar surface area (TPSA) is 99.6 Å². The standard InChI is InChI=1S/C23H28N4O4S2/c1-15(2)31-21-6-5-18(33(28)29)12-19(21)25-23-26-20(14-32-23)16-4-7-22(24-13-16)27-10-8-17(30-3)9-11-27/h4-7,12-15,17H,8-11H2,1-3H3,(H,25,26)(H,28,29)/p-1. The second-order valence-corrected chi connectivity index (χ2v) is 9.85. The van der Waals surface area contributed by atoms with Gasteiger partial charge in [-0.25, -0.2) is 9.97 Å². The Hall–Kier alpha value is -2.53. The lowest BCUT2D eigenvalue weighted by Gasteiger charge is -2.32. The smallest absolute Gasteiger partial charge is 0.187 e. The van der Waals surface area contributed by atoms with Crippen LogP contribution in [0.25, 0.3) is 11.3 Å². The maximum Gasteiger partial charge on any atom is 0.187 e. The number of anilines is 3. The van der Waals surface area contributed by atoms with Gasteiger partial charge in [0.05, 0.1) is 23.6 Å². The van der Waals surface area contributed by atoms with E-state index in [2.05, 4.69) is 20.2 Å². The van der Waals surface area contributed by atoms with Crippen LogP contribution in [0.5, 0.6) is 5.75 Å². The van der Waals surface area contributed by atoms with Crippen LogP contribution in [0.3, 0.4) is 0 Å². The van der Waals surface area contributed by atoms with Crippen molar-refractivity contribution in [1.29, 1.82) is 0 Å². The molecule has 176 valence electrons. The molecule has 1 N–H and O–H groups in total. The number of benzene rings is 1. The third kappa shape index (κ3) is 5.89. The molecule has 4 rings (SSSR count). The number of rotatable bonds is 8. The molecule has 0 bridgehead atoms. The van der Waals surface area contributed by atoms with E-state index >= 15 is 0 Å². The van der Waals surface area contributed by atoms with Gasteiger partial charge in [0.15, 0.2) is 5.13 Å². The van der Waals surface area contributed by atoms with Gasteiger partial charge in [-0.2, -0.15) is 0 Å². The molecule has 0 amide bonds. The first-order chi connectivity index (χ1) is 15.9. The van der Waals surface area contributed by atoms with Crippen LogP contribution in [0.4, 0.5) is 16.6 Å². The van der Waals surface area contributed by atoms with Crippen molar-refractivity contribution in [3.8, 4) is 17.0 Å². The van der Waals surface area contributed by atoms with E-state index in [1.54, 1.807) is 19.2 Å². The van der Waals surface area contributed by atoms with Crippen molar-refractivity contribution in [2.75, 3.05) is 30.4 Å². The lowest BCUT2D eigenvalue weighted by Crippen LogP contribution is -2.37. The summed E-state index contributed by atoms with van der Waals surface area (Å²) in [4.78, 5) is 11.8. The monoisotopic (exact) mass is 487 g/mol. The summed E-state index contributed by atoms with van der Waals surface area (Å²) in [5.74, 6) is 1.53. The van der Waals surface area contributed by atoms with Gasteiger partial charge in [-0.05, 0) is 68.1 Å². The molecule has 0 radical (unpaired) electrons. The van der Waals surface area contributed by atoms with Crippen molar-refractivity contribution < 1.29 is 18.2 Å². The van der Waals surface area contributed by atoms with Crippen molar-refractivity contribution in [3.05, 3.63) is 41.9 Å². The van der Waals surface area contributed by atoms with Crippen LogP contribution in [0.1, 0.15) is 26.7 Å². The number of aromatic nitrogens is 2. The Kier molecular flexibility index (Phi) is 7.59. The fourth-order valence-electron chi connectivity index (χ4n) is 3.69. The van der Waals surface area contributed by atoms with Crippen LogP contribution < -0.4 is 15.0 Å². The number of hydrogen-bond acceptors (Lipinski definition) is 9. The maximum absolute atomic E-state index is 11.4. The molecule has 10 heteroatoms. The quantitative estimate of drug-likeness (QED) is 0.461. The SMILES string of the molecule is COC1CCN(c2ccc(-c3csc(Nc4cc(S(=O)[O-])ccc4OC(C)C)n3)cn2)CC1. The van der Waals surface area contributed by atoms with E-state index in [4.69, 9.17) is 9.47 Å². The van der Waals surface area contributed by atoms with Gasteiger partial charge in [-0.3, -0.25) is 4.21 Å². The van der Waals surface area contributed by atoms with Crippen LogP contribution >= 0.6 is 11.3 Å². The molecule has 3 heterocycles. The second kappa shape index (κ2) is 10.6. The third-order valence-corrected chi connectivity index (χ3v) is 6.79. The minimum atomic E-state index is -2.33. The molecule has 2 aromatic heterocycles. The van der Waals surface area contributed by atoms with Gasteiger partial charge in [0.1, 0.15) is 11.6 Å². The predicted molar refractivity (Wildman–Crippen MR) is 130 cm³/mol. The van der Waals surface area contributed by atoms with Crippen LogP contribution in [-0.2, 0) is 15.8 Å². The first-order valence-electron chi connectivity index (χ1n) is 10.8. The third-order valence-electron chi connectivity index (χ3n) is 5.39. The molecule has 1 fully saturated rings. The van der Waals surface area contributed by atoms with Gasteiger partial charge in [0.25, 0.3) is 0 Å². The zero-order chi connectivity index (χ0) is 23.4. The van der Waals surface area contributed by atoms with Crippen LogP contribution in [0.2, 0.25) is 0 Å². The summed E-state index contributed by atoms with van der Waals surface area (Å²) in [6.45, 7) is 5.70. The van der Waals surface area contributed by atoms with Crippen LogP contribution in [0, 0.1) is 0 Å². The molecule has 33 heavy (non-hydrogen) atoms. The Morgan fingerprint density at radius 2 is 2.03 bits per heavy atom. The normalized spacial score (nSPS) is 15.6. The zero-order valence-electron chi connectivity index (χ0n) is 18.8. The van der Waals surface area contributed by atoms with Gasteiger partial charge < -0.3 is 24.2 Å². The Labute approximate surface area is 200 Å². The average molecular weight is 488 g/mol. The van der Waals surface area contributed by atoms with Gasteiger partial charge in [-0.1, -0.05) is 0 Å². The van der Waals surface area contributed by atoms with Crippen LogP contribution in [-0.4, -0.2) is 51.1 Å². The average Bonchev–Trinajstić information content (AvgIpc) is 3.28. The molecule has 1 aliphatic heterocycles. The first kappa shape index (κ1) is 23.6. The van der Waals surface area contributed by atoms with Gasteiger partial charge in [0, 0.05) is 42.2 Å². The summed E-state index contributed by atoms with van der Waals surface area (Å²) in [5.41, 5.74) is 2.27. The van der Waals surface area contributed by atoms with Crippen molar-refractivity contribution >= 4 is 39.1 Å². The molecule has 8 nitrogen and oxygen atoms in total. The zero-order valence-corrected chi connectivity index (χ0v) is 20.4. The van der Waals surface area contributed by atoms with E-state index < -0.39 is 11.1 Å². The number of thiazole rings is 1.